The lowest BCUT2D eigenvalue weighted by Crippen LogP contribution is -2.44. The molecule has 128 valence electrons. The fourth-order valence-corrected chi connectivity index (χ4v) is 2.60. The Morgan fingerprint density at radius 2 is 1.67 bits per heavy atom. The van der Waals surface area contributed by atoms with E-state index in [-0.39, 0.29) is 6.54 Å². The van der Waals surface area contributed by atoms with Crippen LogP contribution in [0.3, 0.4) is 0 Å². The number of benzene rings is 2. The molecule has 0 aliphatic heterocycles. The lowest BCUT2D eigenvalue weighted by molar-refractivity contribution is -0.149. The molecule has 0 spiro atoms. The number of carbonyl (C=O) groups excluding carboxylic acids is 2. The third kappa shape index (κ3) is 3.69. The lowest BCUT2D eigenvalue weighted by Gasteiger charge is -2.30. The van der Waals surface area contributed by atoms with Crippen molar-refractivity contribution in [2.45, 2.75) is 19.4 Å². The fraction of sp³-hybridized carbons (Fsp3) is 0.333. The van der Waals surface area contributed by atoms with E-state index < -0.39 is 24.3 Å². The normalized spacial score (nSPS) is 12.2. The molecule has 1 atom stereocenters. The van der Waals surface area contributed by atoms with E-state index in [1.165, 1.54) is 19.0 Å². The van der Waals surface area contributed by atoms with E-state index in [0.29, 0.717) is 0 Å². The average molecular weight is 334 g/mol. The standard InChI is InChI=1S/C18H20F2N2O2/c1-12(14-10-6-8-13-7-4-5-9-15(13)14)22(18(24)17(19)20)11-16(23)21(2)3/h4-10,12,17H,11H2,1-3H3/t12-/m0/s1. The Bertz CT molecular complexity index is 741. The molecule has 0 aromatic heterocycles. The zero-order valence-corrected chi connectivity index (χ0v) is 13.9. The third-order valence-corrected chi connectivity index (χ3v) is 4.02. The Labute approximate surface area is 139 Å². The number of fused-ring (bicyclic) bond motifs is 1. The van der Waals surface area contributed by atoms with Gasteiger partial charge in [0.15, 0.2) is 0 Å². The van der Waals surface area contributed by atoms with Gasteiger partial charge in [-0.15, -0.1) is 0 Å². The summed E-state index contributed by atoms with van der Waals surface area (Å²) >= 11 is 0. The molecule has 0 aliphatic carbocycles. The van der Waals surface area contributed by atoms with Crippen LogP contribution in [0.4, 0.5) is 8.78 Å². The lowest BCUT2D eigenvalue weighted by atomic mass is 9.98. The van der Waals surface area contributed by atoms with Gasteiger partial charge in [-0.1, -0.05) is 42.5 Å². The Balaban J connectivity index is 2.44. The molecule has 0 heterocycles. The van der Waals surface area contributed by atoms with Crippen LogP contribution in [0.5, 0.6) is 0 Å². The minimum absolute atomic E-state index is 0.388. The van der Waals surface area contributed by atoms with Crippen LogP contribution in [0.15, 0.2) is 42.5 Å². The van der Waals surface area contributed by atoms with E-state index in [1.54, 1.807) is 13.0 Å². The summed E-state index contributed by atoms with van der Waals surface area (Å²) in [7, 11) is 3.05. The second kappa shape index (κ2) is 7.38. The first-order valence-corrected chi connectivity index (χ1v) is 7.59. The largest absolute Gasteiger partial charge is 0.347 e. The number of hydrogen-bond donors (Lipinski definition) is 0. The third-order valence-electron chi connectivity index (χ3n) is 4.02. The predicted molar refractivity (Wildman–Crippen MR) is 88.8 cm³/mol. The smallest absolute Gasteiger partial charge is 0.315 e. The summed E-state index contributed by atoms with van der Waals surface area (Å²) < 4.78 is 26.0. The number of likely N-dealkylation sites (N-methyl/N-ethyl adjacent to an activating group) is 1. The molecular weight excluding hydrogens is 314 g/mol. The zero-order chi connectivity index (χ0) is 17.9. The molecule has 0 radical (unpaired) electrons. The molecule has 0 N–H and O–H groups in total. The quantitative estimate of drug-likeness (QED) is 0.843. The Morgan fingerprint density at radius 1 is 1.04 bits per heavy atom. The van der Waals surface area contributed by atoms with Gasteiger partial charge in [-0.05, 0) is 23.3 Å². The van der Waals surface area contributed by atoms with Crippen molar-refractivity contribution >= 4 is 22.6 Å². The first-order valence-electron chi connectivity index (χ1n) is 7.59. The van der Waals surface area contributed by atoms with Crippen LogP contribution >= 0.6 is 0 Å². The topological polar surface area (TPSA) is 40.6 Å². The molecule has 6 heteroatoms. The van der Waals surface area contributed by atoms with Gasteiger partial charge in [-0.2, -0.15) is 8.78 Å². The van der Waals surface area contributed by atoms with Gasteiger partial charge in [0.25, 0.3) is 5.91 Å². The van der Waals surface area contributed by atoms with Crippen molar-refractivity contribution in [1.82, 2.24) is 9.80 Å². The van der Waals surface area contributed by atoms with Crippen molar-refractivity contribution in [3.05, 3.63) is 48.0 Å². The maximum Gasteiger partial charge on any atom is 0.315 e. The van der Waals surface area contributed by atoms with E-state index in [0.717, 1.165) is 21.2 Å². The molecule has 0 bridgehead atoms. The number of halogens is 2. The van der Waals surface area contributed by atoms with Gasteiger partial charge in [-0.3, -0.25) is 9.59 Å². The molecule has 0 fully saturated rings. The summed E-state index contributed by atoms with van der Waals surface area (Å²) in [5, 5.41) is 1.82. The second-order valence-electron chi connectivity index (χ2n) is 5.80. The van der Waals surface area contributed by atoms with E-state index in [4.69, 9.17) is 0 Å². The van der Waals surface area contributed by atoms with Crippen LogP contribution in [-0.2, 0) is 9.59 Å². The Morgan fingerprint density at radius 3 is 2.29 bits per heavy atom. The molecule has 2 aromatic rings. The summed E-state index contributed by atoms with van der Waals surface area (Å²) in [5.41, 5.74) is 0.730. The van der Waals surface area contributed by atoms with Crippen LogP contribution in [0.25, 0.3) is 10.8 Å². The molecule has 0 unspecified atom stereocenters. The highest BCUT2D eigenvalue weighted by Gasteiger charge is 2.30. The molecule has 0 saturated carbocycles. The minimum Gasteiger partial charge on any atom is -0.347 e. The van der Waals surface area contributed by atoms with Gasteiger partial charge in [0.1, 0.15) is 6.54 Å². The number of rotatable bonds is 5. The molecule has 0 saturated heterocycles. The molecule has 4 nitrogen and oxygen atoms in total. The van der Waals surface area contributed by atoms with Crippen LogP contribution in [-0.4, -0.2) is 48.7 Å². The number of hydrogen-bond acceptors (Lipinski definition) is 2. The van der Waals surface area contributed by atoms with Gasteiger partial charge < -0.3 is 9.80 Å². The molecule has 2 aromatic carbocycles. The van der Waals surface area contributed by atoms with E-state index in [2.05, 4.69) is 0 Å². The molecule has 2 amide bonds. The van der Waals surface area contributed by atoms with Gasteiger partial charge in [0.05, 0.1) is 6.04 Å². The first-order chi connectivity index (χ1) is 11.3. The number of alkyl halides is 2. The number of nitrogens with zero attached hydrogens (tertiary/aromatic N) is 2. The first kappa shape index (κ1) is 17.8. The fourth-order valence-electron chi connectivity index (χ4n) is 2.60. The summed E-state index contributed by atoms with van der Waals surface area (Å²) in [6.45, 7) is 1.27. The summed E-state index contributed by atoms with van der Waals surface area (Å²) in [6, 6.07) is 12.4. The van der Waals surface area contributed by atoms with Crippen molar-refractivity contribution in [2.75, 3.05) is 20.6 Å². The van der Waals surface area contributed by atoms with Gasteiger partial charge in [-0.25, -0.2) is 0 Å². The van der Waals surface area contributed by atoms with Crippen molar-refractivity contribution in [1.29, 1.82) is 0 Å². The van der Waals surface area contributed by atoms with Crippen molar-refractivity contribution in [2.24, 2.45) is 0 Å². The van der Waals surface area contributed by atoms with E-state index in [1.807, 2.05) is 36.4 Å². The minimum atomic E-state index is -3.16. The van der Waals surface area contributed by atoms with Gasteiger partial charge >= 0.3 is 6.43 Å². The Kier molecular flexibility index (Phi) is 5.49. The highest BCUT2D eigenvalue weighted by Crippen LogP contribution is 2.29. The van der Waals surface area contributed by atoms with E-state index in [9.17, 15) is 18.4 Å². The van der Waals surface area contributed by atoms with Crippen LogP contribution in [0.2, 0.25) is 0 Å². The van der Waals surface area contributed by atoms with Crippen LogP contribution in [0, 0.1) is 0 Å². The summed E-state index contributed by atoms with van der Waals surface area (Å²) in [6.07, 6.45) is -3.16. The Hall–Kier alpha value is -2.50. The van der Waals surface area contributed by atoms with Crippen LogP contribution in [0.1, 0.15) is 18.5 Å². The van der Waals surface area contributed by atoms with Crippen LogP contribution < -0.4 is 0 Å². The monoisotopic (exact) mass is 334 g/mol. The highest BCUT2D eigenvalue weighted by molar-refractivity contribution is 5.89. The average Bonchev–Trinajstić information content (AvgIpc) is 2.57. The highest BCUT2D eigenvalue weighted by atomic mass is 19.3. The van der Waals surface area contributed by atoms with Crippen molar-refractivity contribution < 1.29 is 18.4 Å². The molecule has 24 heavy (non-hydrogen) atoms. The SMILES string of the molecule is C[C@@H](c1cccc2ccccc12)N(CC(=O)N(C)C)C(=O)C(F)F. The molecular formula is C18H20F2N2O2. The number of amides is 2. The van der Waals surface area contributed by atoms with Crippen molar-refractivity contribution in [3.63, 3.8) is 0 Å². The zero-order valence-electron chi connectivity index (χ0n) is 13.9. The van der Waals surface area contributed by atoms with Gasteiger partial charge in [0, 0.05) is 14.1 Å². The summed E-state index contributed by atoms with van der Waals surface area (Å²) in [5.74, 6) is -1.75. The molecule has 2 rings (SSSR count). The van der Waals surface area contributed by atoms with Gasteiger partial charge in [0.2, 0.25) is 5.91 Å². The summed E-state index contributed by atoms with van der Waals surface area (Å²) in [4.78, 5) is 26.1. The predicted octanol–water partition coefficient (Wildman–Crippen LogP) is 3.08. The molecule has 0 aliphatic rings. The van der Waals surface area contributed by atoms with Crippen molar-refractivity contribution in [3.8, 4) is 0 Å². The maximum absolute atomic E-state index is 13.0. The van der Waals surface area contributed by atoms with E-state index >= 15 is 0 Å². The number of carbonyl (C=O) groups is 2. The maximum atomic E-state index is 13.0. The second-order valence-corrected chi connectivity index (χ2v) is 5.80.